The lowest BCUT2D eigenvalue weighted by Gasteiger charge is -2.34. The summed E-state index contributed by atoms with van der Waals surface area (Å²) in [4.78, 5) is 11.9. The van der Waals surface area contributed by atoms with Crippen LogP contribution in [-0.4, -0.2) is 22.9 Å². The van der Waals surface area contributed by atoms with E-state index in [0.29, 0.717) is 31.7 Å². The molecule has 2 saturated carbocycles. The lowest BCUT2D eigenvalue weighted by Crippen LogP contribution is -2.33. The summed E-state index contributed by atoms with van der Waals surface area (Å²) >= 11 is 0. The number of esters is 1. The molecule has 0 radical (unpaired) electrons. The molecule has 1 aromatic carbocycles. The fraction of sp³-hybridized carbons (Fsp3) is 0.591. The Labute approximate surface area is 160 Å². The summed E-state index contributed by atoms with van der Waals surface area (Å²) in [6.07, 6.45) is 7.38. The van der Waals surface area contributed by atoms with Crippen LogP contribution in [0.25, 0.3) is 10.9 Å². The Kier molecular flexibility index (Phi) is 4.67. The zero-order chi connectivity index (χ0) is 19.0. The third kappa shape index (κ3) is 2.92. The van der Waals surface area contributed by atoms with Crippen molar-refractivity contribution in [1.29, 1.82) is 5.26 Å². The average molecular weight is 365 g/mol. The van der Waals surface area contributed by atoms with Crippen molar-refractivity contribution in [3.8, 4) is 6.07 Å². The Bertz CT molecular complexity index is 896. The molecule has 4 rings (SSSR count). The molecule has 27 heavy (non-hydrogen) atoms. The molecule has 0 atom stereocenters. The number of benzene rings is 1. The minimum atomic E-state index is -0.514. The van der Waals surface area contributed by atoms with Gasteiger partial charge in [-0.2, -0.15) is 10.4 Å². The first kappa shape index (κ1) is 18.0. The fourth-order valence-electron chi connectivity index (χ4n) is 4.65. The normalized spacial score (nSPS) is 25.7. The monoisotopic (exact) mass is 365 g/mol. The highest BCUT2D eigenvalue weighted by atomic mass is 16.5. The number of aryl methyl sites for hydroxylation is 1. The van der Waals surface area contributed by atoms with Crippen molar-refractivity contribution in [1.82, 2.24) is 9.78 Å². The van der Waals surface area contributed by atoms with Gasteiger partial charge >= 0.3 is 5.97 Å². The molecule has 1 heterocycles. The van der Waals surface area contributed by atoms with Gasteiger partial charge in [-0.1, -0.05) is 19.1 Å². The molecule has 0 spiro atoms. The average Bonchev–Trinajstić information content (AvgIpc) is 3.04. The first-order chi connectivity index (χ1) is 13.1. The predicted octanol–water partition coefficient (Wildman–Crippen LogP) is 4.45. The number of ether oxygens (including phenoxy) is 1. The van der Waals surface area contributed by atoms with Gasteiger partial charge in [-0.3, -0.25) is 9.48 Å². The van der Waals surface area contributed by atoms with E-state index in [-0.39, 0.29) is 11.9 Å². The van der Waals surface area contributed by atoms with E-state index in [4.69, 9.17) is 9.84 Å². The highest BCUT2D eigenvalue weighted by Crippen LogP contribution is 2.43. The van der Waals surface area contributed by atoms with Crippen LogP contribution in [0.3, 0.4) is 0 Å². The van der Waals surface area contributed by atoms with E-state index in [1.807, 2.05) is 0 Å². The Balaban J connectivity index is 1.70. The molecule has 2 fully saturated rings. The molecule has 0 amide bonds. The summed E-state index contributed by atoms with van der Waals surface area (Å²) in [7, 11) is 1.44. The molecule has 2 aromatic rings. The highest BCUT2D eigenvalue weighted by Gasteiger charge is 2.40. The smallest absolute Gasteiger partial charge is 0.308 e. The lowest BCUT2D eigenvalue weighted by atomic mass is 9.67. The number of fused-ring (bicyclic) bond motifs is 1. The maximum atomic E-state index is 11.9. The summed E-state index contributed by atoms with van der Waals surface area (Å²) in [5, 5.41) is 16.1. The van der Waals surface area contributed by atoms with E-state index < -0.39 is 5.41 Å². The number of nitriles is 1. The van der Waals surface area contributed by atoms with Crippen molar-refractivity contribution in [2.75, 3.05) is 7.11 Å². The first-order valence-electron chi connectivity index (χ1n) is 10.1. The second-order valence-corrected chi connectivity index (χ2v) is 8.05. The van der Waals surface area contributed by atoms with Crippen LogP contribution in [0.15, 0.2) is 18.2 Å². The van der Waals surface area contributed by atoms with E-state index in [1.165, 1.54) is 37.3 Å². The minimum absolute atomic E-state index is 0.0765. The summed E-state index contributed by atoms with van der Waals surface area (Å²) in [5.74, 6) is -0.222. The van der Waals surface area contributed by atoms with E-state index in [1.54, 1.807) is 0 Å². The number of hydrogen-bond donors (Lipinski definition) is 0. The van der Waals surface area contributed by atoms with Crippen LogP contribution in [0.4, 0.5) is 0 Å². The van der Waals surface area contributed by atoms with Gasteiger partial charge in [0, 0.05) is 5.39 Å². The van der Waals surface area contributed by atoms with Gasteiger partial charge in [0.05, 0.1) is 41.8 Å². The third-order valence-electron chi connectivity index (χ3n) is 6.68. The number of rotatable bonds is 4. The van der Waals surface area contributed by atoms with Gasteiger partial charge in [-0.05, 0) is 63.0 Å². The molecule has 1 aromatic heterocycles. The van der Waals surface area contributed by atoms with E-state index in [0.717, 1.165) is 17.7 Å². The standard InChI is InChI=1S/C22H27N3O2/c1-3-19-18-8-7-16(13-20(18)25(24-19)17-5-4-6-17)22(14-23)11-9-15(10-12-22)21(26)27-2/h7-8,13,15,17H,3-6,9-12H2,1-2H3. The molecular weight excluding hydrogens is 338 g/mol. The predicted molar refractivity (Wildman–Crippen MR) is 103 cm³/mol. The quantitative estimate of drug-likeness (QED) is 0.751. The molecule has 0 unspecified atom stereocenters. The van der Waals surface area contributed by atoms with Crippen LogP contribution in [0.1, 0.15) is 69.2 Å². The van der Waals surface area contributed by atoms with Crippen LogP contribution in [0, 0.1) is 17.2 Å². The van der Waals surface area contributed by atoms with E-state index >= 15 is 0 Å². The van der Waals surface area contributed by atoms with Gasteiger partial charge in [0.1, 0.15) is 0 Å². The number of nitrogens with zero attached hydrogens (tertiary/aromatic N) is 3. The maximum absolute atomic E-state index is 11.9. The molecule has 142 valence electrons. The molecule has 0 N–H and O–H groups in total. The zero-order valence-corrected chi connectivity index (χ0v) is 16.2. The number of methoxy groups -OCH3 is 1. The molecule has 0 bridgehead atoms. The van der Waals surface area contributed by atoms with Crippen LogP contribution in [0.2, 0.25) is 0 Å². The van der Waals surface area contributed by atoms with Crippen molar-refractivity contribution in [2.45, 2.75) is 69.7 Å². The van der Waals surface area contributed by atoms with Gasteiger partial charge in [0.2, 0.25) is 0 Å². The topological polar surface area (TPSA) is 67.9 Å². The Hall–Kier alpha value is -2.35. The fourth-order valence-corrected chi connectivity index (χ4v) is 4.65. The van der Waals surface area contributed by atoms with Crippen molar-refractivity contribution in [3.05, 3.63) is 29.5 Å². The van der Waals surface area contributed by atoms with Gasteiger partial charge in [0.15, 0.2) is 0 Å². The summed E-state index contributed by atoms with van der Waals surface area (Å²) < 4.78 is 7.10. The minimum Gasteiger partial charge on any atom is -0.469 e. The van der Waals surface area contributed by atoms with Crippen LogP contribution >= 0.6 is 0 Å². The largest absolute Gasteiger partial charge is 0.469 e. The van der Waals surface area contributed by atoms with E-state index in [9.17, 15) is 10.1 Å². The Morgan fingerprint density at radius 3 is 2.63 bits per heavy atom. The second kappa shape index (κ2) is 6.99. The second-order valence-electron chi connectivity index (χ2n) is 8.05. The summed E-state index contributed by atoms with van der Waals surface area (Å²) in [5.41, 5.74) is 2.87. The SMILES string of the molecule is CCc1nn(C2CCC2)c2cc(C3(C#N)CCC(C(=O)OC)CC3)ccc12. The first-order valence-corrected chi connectivity index (χ1v) is 10.1. The van der Waals surface area contributed by atoms with Crippen molar-refractivity contribution >= 4 is 16.9 Å². The van der Waals surface area contributed by atoms with Gasteiger partial charge in [0.25, 0.3) is 0 Å². The van der Waals surface area contributed by atoms with Crippen LogP contribution in [-0.2, 0) is 21.4 Å². The molecule has 0 aliphatic heterocycles. The number of hydrogen-bond acceptors (Lipinski definition) is 4. The number of aromatic nitrogens is 2. The van der Waals surface area contributed by atoms with Crippen LogP contribution < -0.4 is 0 Å². The highest BCUT2D eigenvalue weighted by molar-refractivity contribution is 5.83. The lowest BCUT2D eigenvalue weighted by molar-refractivity contribution is -0.146. The van der Waals surface area contributed by atoms with Crippen molar-refractivity contribution in [2.24, 2.45) is 5.92 Å². The van der Waals surface area contributed by atoms with Gasteiger partial charge < -0.3 is 4.74 Å². The molecule has 5 heteroatoms. The molecule has 2 aliphatic carbocycles. The van der Waals surface area contributed by atoms with Gasteiger partial charge in [-0.25, -0.2) is 0 Å². The van der Waals surface area contributed by atoms with E-state index in [2.05, 4.69) is 35.9 Å². The molecule has 5 nitrogen and oxygen atoms in total. The Morgan fingerprint density at radius 2 is 2.07 bits per heavy atom. The van der Waals surface area contributed by atoms with Crippen molar-refractivity contribution in [3.63, 3.8) is 0 Å². The summed E-state index contributed by atoms with van der Waals surface area (Å²) in [6, 6.07) is 9.54. The van der Waals surface area contributed by atoms with Crippen LogP contribution in [0.5, 0.6) is 0 Å². The maximum Gasteiger partial charge on any atom is 0.308 e. The van der Waals surface area contributed by atoms with Crippen molar-refractivity contribution < 1.29 is 9.53 Å². The summed E-state index contributed by atoms with van der Waals surface area (Å²) in [6.45, 7) is 2.14. The zero-order valence-electron chi connectivity index (χ0n) is 16.2. The number of carbonyl (C=O) groups is 1. The third-order valence-corrected chi connectivity index (χ3v) is 6.68. The molecule has 0 saturated heterocycles. The number of carbonyl (C=O) groups excluding carboxylic acids is 1. The molecule has 2 aliphatic rings. The molecular formula is C22H27N3O2. The Morgan fingerprint density at radius 1 is 1.33 bits per heavy atom. The van der Waals surface area contributed by atoms with Gasteiger partial charge in [-0.15, -0.1) is 0 Å².